The number of carboxylic acids is 1. The van der Waals surface area contributed by atoms with Crippen molar-refractivity contribution in [3.63, 3.8) is 0 Å². The van der Waals surface area contributed by atoms with Gasteiger partial charge in [0.05, 0.1) is 0 Å². The van der Waals surface area contributed by atoms with Crippen LogP contribution in [-0.2, 0) is 4.79 Å². The van der Waals surface area contributed by atoms with Gasteiger partial charge < -0.3 is 5.11 Å². The lowest BCUT2D eigenvalue weighted by Gasteiger charge is -2.28. The van der Waals surface area contributed by atoms with E-state index in [0.29, 0.717) is 6.08 Å². The van der Waals surface area contributed by atoms with Crippen LogP contribution in [0.3, 0.4) is 0 Å². The standard InChI is InChI=1S/C10H8F6O2/c11-4-6(8(17)18)5-1-2-9(13,3-7(5)12)10(14,15)16/h1-2,6H,3-4H2,(H,17,18). The Labute approximate surface area is 97.6 Å². The Morgan fingerprint density at radius 2 is 2.06 bits per heavy atom. The first kappa shape index (κ1) is 14.6. The van der Waals surface area contributed by atoms with Gasteiger partial charge in [-0.15, -0.1) is 0 Å². The first-order chi connectivity index (χ1) is 8.12. The largest absolute Gasteiger partial charge is 0.481 e. The third kappa shape index (κ3) is 2.51. The van der Waals surface area contributed by atoms with Gasteiger partial charge >= 0.3 is 12.1 Å². The van der Waals surface area contributed by atoms with Crippen molar-refractivity contribution in [2.45, 2.75) is 18.3 Å². The van der Waals surface area contributed by atoms with Crippen molar-refractivity contribution in [2.24, 2.45) is 5.92 Å². The molecule has 2 nitrogen and oxygen atoms in total. The van der Waals surface area contributed by atoms with E-state index in [9.17, 15) is 31.1 Å². The molecule has 0 saturated carbocycles. The van der Waals surface area contributed by atoms with Crippen LogP contribution in [0.1, 0.15) is 6.42 Å². The number of hydrogen-bond donors (Lipinski definition) is 1. The maximum Gasteiger partial charge on any atom is 0.426 e. The molecule has 1 aliphatic carbocycles. The summed E-state index contributed by atoms with van der Waals surface area (Å²) < 4.78 is 75.8. The summed E-state index contributed by atoms with van der Waals surface area (Å²) in [6.45, 7) is -1.49. The summed E-state index contributed by atoms with van der Waals surface area (Å²) in [5.41, 5.74) is -4.66. The molecule has 0 spiro atoms. The Balaban J connectivity index is 3.07. The quantitative estimate of drug-likeness (QED) is 0.803. The maximum absolute atomic E-state index is 13.3. The molecule has 2 unspecified atom stereocenters. The van der Waals surface area contributed by atoms with Gasteiger partial charge in [0.25, 0.3) is 0 Å². The SMILES string of the molecule is O=C(O)C(CF)C1=C(F)CC(F)(C(F)(F)F)C=C1. The first-order valence-corrected chi connectivity index (χ1v) is 4.74. The average Bonchev–Trinajstić information content (AvgIpc) is 2.20. The normalized spacial score (nSPS) is 26.3. The van der Waals surface area contributed by atoms with Gasteiger partial charge in [0, 0.05) is 12.0 Å². The Hall–Kier alpha value is -1.47. The Morgan fingerprint density at radius 1 is 1.50 bits per heavy atom. The molecule has 1 aliphatic rings. The van der Waals surface area contributed by atoms with Crippen LogP contribution >= 0.6 is 0 Å². The third-order valence-electron chi connectivity index (χ3n) is 2.55. The van der Waals surface area contributed by atoms with Crippen LogP contribution in [0.5, 0.6) is 0 Å². The third-order valence-corrected chi connectivity index (χ3v) is 2.55. The van der Waals surface area contributed by atoms with Crippen molar-refractivity contribution in [3.05, 3.63) is 23.6 Å². The minimum atomic E-state index is -5.32. The summed E-state index contributed by atoms with van der Waals surface area (Å²) in [6.07, 6.45) is -6.64. The molecule has 0 aromatic heterocycles. The van der Waals surface area contributed by atoms with Crippen LogP contribution in [0, 0.1) is 5.92 Å². The number of alkyl halides is 5. The summed E-state index contributed by atoms with van der Waals surface area (Å²) in [7, 11) is 0. The van der Waals surface area contributed by atoms with E-state index in [1.807, 2.05) is 0 Å². The summed E-state index contributed by atoms with van der Waals surface area (Å²) in [5, 5.41) is 8.54. The molecule has 1 rings (SSSR count). The summed E-state index contributed by atoms with van der Waals surface area (Å²) in [5.74, 6) is -5.27. The zero-order chi connectivity index (χ0) is 14.1. The van der Waals surface area contributed by atoms with Crippen LogP contribution in [-0.4, -0.2) is 29.6 Å². The summed E-state index contributed by atoms with van der Waals surface area (Å²) >= 11 is 0. The van der Waals surface area contributed by atoms with E-state index in [4.69, 9.17) is 5.11 Å². The van der Waals surface area contributed by atoms with E-state index >= 15 is 0 Å². The Kier molecular flexibility index (Phi) is 3.78. The predicted octanol–water partition coefficient (Wildman–Crippen LogP) is 3.11. The van der Waals surface area contributed by atoms with E-state index in [0.717, 1.165) is 0 Å². The van der Waals surface area contributed by atoms with Crippen LogP contribution in [0.4, 0.5) is 26.3 Å². The maximum atomic E-state index is 13.3. The molecule has 0 radical (unpaired) electrons. The number of aliphatic carboxylic acids is 1. The fourth-order valence-electron chi connectivity index (χ4n) is 1.48. The molecule has 0 aromatic rings. The van der Waals surface area contributed by atoms with Crippen molar-refractivity contribution in [1.82, 2.24) is 0 Å². The number of carbonyl (C=O) groups is 1. The van der Waals surface area contributed by atoms with Crippen molar-refractivity contribution in [2.75, 3.05) is 6.67 Å². The van der Waals surface area contributed by atoms with Crippen LogP contribution < -0.4 is 0 Å². The predicted molar refractivity (Wildman–Crippen MR) is 48.9 cm³/mol. The van der Waals surface area contributed by atoms with E-state index < -0.39 is 48.2 Å². The monoisotopic (exact) mass is 274 g/mol. The molecule has 0 amide bonds. The molecule has 1 N–H and O–H groups in total. The smallest absolute Gasteiger partial charge is 0.426 e. The molecule has 0 bridgehead atoms. The highest BCUT2D eigenvalue weighted by Crippen LogP contribution is 2.44. The minimum Gasteiger partial charge on any atom is -0.481 e. The van der Waals surface area contributed by atoms with Crippen LogP contribution in [0.2, 0.25) is 0 Å². The van der Waals surface area contributed by atoms with Crippen molar-refractivity contribution >= 4 is 5.97 Å². The number of hydrogen-bond acceptors (Lipinski definition) is 1. The molecule has 102 valence electrons. The number of rotatable bonds is 3. The lowest BCUT2D eigenvalue weighted by molar-refractivity contribution is -0.212. The van der Waals surface area contributed by atoms with Gasteiger partial charge in [0.1, 0.15) is 18.4 Å². The van der Waals surface area contributed by atoms with Gasteiger partial charge in [-0.2, -0.15) is 13.2 Å². The van der Waals surface area contributed by atoms with Crippen molar-refractivity contribution in [1.29, 1.82) is 0 Å². The van der Waals surface area contributed by atoms with Crippen molar-refractivity contribution < 1.29 is 36.2 Å². The summed E-state index contributed by atoms with van der Waals surface area (Å²) in [4.78, 5) is 10.5. The number of carboxylic acid groups (broad SMARTS) is 1. The Morgan fingerprint density at radius 3 is 2.39 bits per heavy atom. The second kappa shape index (κ2) is 4.66. The zero-order valence-electron chi connectivity index (χ0n) is 8.77. The second-order valence-corrected chi connectivity index (χ2v) is 3.78. The van der Waals surface area contributed by atoms with Crippen molar-refractivity contribution in [3.8, 4) is 0 Å². The van der Waals surface area contributed by atoms with E-state index in [1.165, 1.54) is 0 Å². The fraction of sp³-hybridized carbons (Fsp3) is 0.500. The molecule has 2 atom stereocenters. The van der Waals surface area contributed by atoms with Gasteiger partial charge in [-0.05, 0) is 6.08 Å². The zero-order valence-corrected chi connectivity index (χ0v) is 8.77. The molecule has 0 aromatic carbocycles. The minimum absolute atomic E-state index is 0.0109. The van der Waals surface area contributed by atoms with Gasteiger partial charge in [-0.3, -0.25) is 4.79 Å². The highest BCUT2D eigenvalue weighted by atomic mass is 19.4. The highest BCUT2D eigenvalue weighted by molar-refractivity contribution is 5.75. The first-order valence-electron chi connectivity index (χ1n) is 4.74. The molecule has 0 heterocycles. The molecule has 0 aliphatic heterocycles. The highest BCUT2D eigenvalue weighted by Gasteiger charge is 2.56. The van der Waals surface area contributed by atoms with Gasteiger partial charge in [0.2, 0.25) is 5.67 Å². The molecule has 0 saturated heterocycles. The van der Waals surface area contributed by atoms with Gasteiger partial charge in [-0.25, -0.2) is 13.2 Å². The molecule has 0 fully saturated rings. The molecule has 8 heteroatoms. The van der Waals surface area contributed by atoms with E-state index in [2.05, 4.69) is 0 Å². The van der Waals surface area contributed by atoms with E-state index in [1.54, 1.807) is 0 Å². The lowest BCUT2D eigenvalue weighted by atomic mass is 9.87. The van der Waals surface area contributed by atoms with E-state index in [-0.39, 0.29) is 6.08 Å². The average molecular weight is 274 g/mol. The Bertz CT molecular complexity index is 411. The van der Waals surface area contributed by atoms with Crippen LogP contribution in [0.15, 0.2) is 23.6 Å². The lowest BCUT2D eigenvalue weighted by Crippen LogP contribution is -2.41. The number of halogens is 6. The van der Waals surface area contributed by atoms with Crippen LogP contribution in [0.25, 0.3) is 0 Å². The topological polar surface area (TPSA) is 37.3 Å². The molecule has 18 heavy (non-hydrogen) atoms. The molecular formula is C10H8F6O2. The fourth-order valence-corrected chi connectivity index (χ4v) is 1.48. The van der Waals surface area contributed by atoms with Gasteiger partial charge in [0.15, 0.2) is 0 Å². The second-order valence-electron chi connectivity index (χ2n) is 3.78. The number of allylic oxidation sites excluding steroid dienone is 3. The molecular weight excluding hydrogens is 266 g/mol. The summed E-state index contributed by atoms with van der Waals surface area (Å²) in [6, 6.07) is 0. The van der Waals surface area contributed by atoms with Gasteiger partial charge in [-0.1, -0.05) is 6.08 Å².